The summed E-state index contributed by atoms with van der Waals surface area (Å²) in [6, 6.07) is 15.7. The van der Waals surface area contributed by atoms with Gasteiger partial charge in [0.15, 0.2) is 5.11 Å². The molecule has 2 heterocycles. The van der Waals surface area contributed by atoms with Crippen LogP contribution in [-0.4, -0.2) is 33.0 Å². The fraction of sp³-hybridized carbons (Fsp3) is 0.292. The number of nitrogens with one attached hydrogen (secondary N) is 1. The van der Waals surface area contributed by atoms with E-state index in [0.717, 1.165) is 28.9 Å². The monoisotopic (exact) mass is 484 g/mol. The number of allylic oxidation sites excluding steroid dienone is 1. The van der Waals surface area contributed by atoms with E-state index in [-0.39, 0.29) is 6.04 Å². The molecule has 3 aromatic rings. The minimum absolute atomic E-state index is 0.186. The molecule has 0 amide bonds. The molecular weight excluding hydrogens is 460 g/mol. The quantitative estimate of drug-likeness (QED) is 0.319. The van der Waals surface area contributed by atoms with Crippen molar-refractivity contribution in [2.75, 3.05) is 12.8 Å². The van der Waals surface area contributed by atoms with Gasteiger partial charge in [-0.05, 0) is 61.1 Å². The lowest BCUT2D eigenvalue weighted by molar-refractivity contribution is 0.386. The van der Waals surface area contributed by atoms with E-state index in [1.165, 1.54) is 4.90 Å². The highest BCUT2D eigenvalue weighted by Crippen LogP contribution is 2.38. The summed E-state index contributed by atoms with van der Waals surface area (Å²) in [6.07, 6.45) is 2.07. The normalized spacial score (nSPS) is 16.6. The Morgan fingerprint density at radius 1 is 1.22 bits per heavy atom. The number of benzene rings is 2. The molecule has 32 heavy (non-hydrogen) atoms. The van der Waals surface area contributed by atoms with Crippen LogP contribution in [0.25, 0.3) is 17.0 Å². The Hall–Kier alpha value is -2.35. The molecule has 0 bridgehead atoms. The van der Waals surface area contributed by atoms with Crippen molar-refractivity contribution in [2.45, 2.75) is 31.7 Å². The SMILES string of the molecule is CSc1ccc(C2NC(=S)N(CC(C)C)C(C)=C2c2nc(-c3cccc(Cl)c3)no2)cc1. The second-order valence-electron chi connectivity index (χ2n) is 8.09. The summed E-state index contributed by atoms with van der Waals surface area (Å²) in [6.45, 7) is 7.21. The molecule has 0 aliphatic carbocycles. The van der Waals surface area contributed by atoms with E-state index < -0.39 is 0 Å². The van der Waals surface area contributed by atoms with Gasteiger partial charge in [0.25, 0.3) is 5.89 Å². The Bertz CT molecular complexity index is 1160. The number of thiocarbonyl (C=S) groups is 1. The number of hydrogen-bond acceptors (Lipinski definition) is 5. The first-order valence-corrected chi connectivity index (χ1v) is 12.4. The molecule has 1 unspecified atom stereocenters. The van der Waals surface area contributed by atoms with Crippen molar-refractivity contribution >= 4 is 46.3 Å². The average molecular weight is 485 g/mol. The Labute approximate surface area is 203 Å². The number of nitrogens with zero attached hydrogens (tertiary/aromatic N) is 3. The molecule has 0 radical (unpaired) electrons. The van der Waals surface area contributed by atoms with Crippen LogP contribution < -0.4 is 5.32 Å². The standard InChI is InChI=1S/C24H25ClN4OS2/c1-14(2)13-29-15(3)20(21(26-24(29)31)16-8-10-19(32-4)11-9-16)23-27-22(28-30-23)17-6-5-7-18(25)12-17/h5-12,14,21H,13H2,1-4H3,(H,26,31). The molecule has 8 heteroatoms. The molecule has 0 saturated carbocycles. The van der Waals surface area contributed by atoms with Gasteiger partial charge in [-0.1, -0.05) is 54.9 Å². The molecule has 1 N–H and O–H groups in total. The van der Waals surface area contributed by atoms with Crippen LogP contribution in [0.5, 0.6) is 0 Å². The van der Waals surface area contributed by atoms with Crippen LogP contribution in [-0.2, 0) is 0 Å². The maximum Gasteiger partial charge on any atom is 0.258 e. The Morgan fingerprint density at radius 3 is 2.62 bits per heavy atom. The second kappa shape index (κ2) is 9.65. The summed E-state index contributed by atoms with van der Waals surface area (Å²) in [4.78, 5) is 8.06. The van der Waals surface area contributed by atoms with E-state index in [9.17, 15) is 0 Å². The predicted octanol–water partition coefficient (Wildman–Crippen LogP) is 6.43. The van der Waals surface area contributed by atoms with Gasteiger partial charge < -0.3 is 14.7 Å². The van der Waals surface area contributed by atoms with Crippen LogP contribution in [0.1, 0.15) is 38.3 Å². The van der Waals surface area contributed by atoms with Crippen molar-refractivity contribution in [2.24, 2.45) is 5.92 Å². The Kier molecular flexibility index (Phi) is 6.88. The lowest BCUT2D eigenvalue weighted by Gasteiger charge is -2.38. The molecule has 166 valence electrons. The largest absolute Gasteiger partial charge is 0.351 e. The van der Waals surface area contributed by atoms with Crippen molar-refractivity contribution in [3.63, 3.8) is 0 Å². The fourth-order valence-corrected chi connectivity index (χ4v) is 4.70. The van der Waals surface area contributed by atoms with E-state index in [1.807, 2.05) is 24.3 Å². The zero-order valence-electron chi connectivity index (χ0n) is 18.4. The molecule has 1 aliphatic rings. The molecule has 2 aromatic carbocycles. The summed E-state index contributed by atoms with van der Waals surface area (Å²) in [7, 11) is 0. The number of thioether (sulfide) groups is 1. The van der Waals surface area contributed by atoms with Gasteiger partial charge in [0.2, 0.25) is 5.82 Å². The zero-order chi connectivity index (χ0) is 22.8. The first-order chi connectivity index (χ1) is 15.4. The first kappa shape index (κ1) is 22.8. The van der Waals surface area contributed by atoms with Crippen LogP contribution in [0.2, 0.25) is 5.02 Å². The van der Waals surface area contributed by atoms with Crippen molar-refractivity contribution in [3.8, 4) is 11.4 Å². The van der Waals surface area contributed by atoms with Crippen molar-refractivity contribution in [3.05, 3.63) is 70.7 Å². The predicted molar refractivity (Wildman–Crippen MR) is 136 cm³/mol. The van der Waals surface area contributed by atoms with Crippen LogP contribution in [0.15, 0.2) is 63.6 Å². The number of hydrogen-bond donors (Lipinski definition) is 1. The van der Waals surface area contributed by atoms with Gasteiger partial charge in [-0.25, -0.2) is 0 Å². The van der Waals surface area contributed by atoms with Crippen LogP contribution in [0.4, 0.5) is 0 Å². The maximum absolute atomic E-state index is 6.16. The summed E-state index contributed by atoms with van der Waals surface area (Å²) >= 11 is 13.6. The van der Waals surface area contributed by atoms with Crippen molar-refractivity contribution in [1.82, 2.24) is 20.4 Å². The average Bonchev–Trinajstić information content (AvgIpc) is 3.26. The summed E-state index contributed by atoms with van der Waals surface area (Å²) in [5.74, 6) is 1.41. The molecule has 0 spiro atoms. The molecule has 1 aromatic heterocycles. The van der Waals surface area contributed by atoms with Gasteiger partial charge in [-0.3, -0.25) is 0 Å². The number of rotatable bonds is 6. The summed E-state index contributed by atoms with van der Waals surface area (Å²) in [5.41, 5.74) is 3.84. The van der Waals surface area contributed by atoms with Gasteiger partial charge >= 0.3 is 0 Å². The molecule has 1 atom stereocenters. The third-order valence-corrected chi connectivity index (χ3v) is 6.65. The molecule has 4 rings (SSSR count). The lowest BCUT2D eigenvalue weighted by atomic mass is 9.94. The number of halogens is 1. The fourth-order valence-electron chi connectivity index (χ4n) is 3.77. The highest BCUT2D eigenvalue weighted by atomic mass is 35.5. The van der Waals surface area contributed by atoms with E-state index in [1.54, 1.807) is 11.8 Å². The van der Waals surface area contributed by atoms with Gasteiger partial charge in [0.1, 0.15) is 0 Å². The Morgan fingerprint density at radius 2 is 1.97 bits per heavy atom. The van der Waals surface area contributed by atoms with Gasteiger partial charge in [0, 0.05) is 27.7 Å². The molecule has 0 saturated heterocycles. The highest BCUT2D eigenvalue weighted by Gasteiger charge is 2.34. The van der Waals surface area contributed by atoms with Gasteiger partial charge in [-0.2, -0.15) is 4.98 Å². The topological polar surface area (TPSA) is 54.2 Å². The molecule has 0 fully saturated rings. The van der Waals surface area contributed by atoms with Crippen molar-refractivity contribution in [1.29, 1.82) is 0 Å². The summed E-state index contributed by atoms with van der Waals surface area (Å²) in [5, 5.41) is 9.07. The molecular formula is C24H25ClN4OS2. The highest BCUT2D eigenvalue weighted by molar-refractivity contribution is 7.98. The zero-order valence-corrected chi connectivity index (χ0v) is 20.8. The minimum atomic E-state index is -0.186. The van der Waals surface area contributed by atoms with Crippen molar-refractivity contribution < 1.29 is 4.52 Å². The summed E-state index contributed by atoms with van der Waals surface area (Å²) < 4.78 is 5.78. The first-order valence-electron chi connectivity index (χ1n) is 10.4. The molecule has 1 aliphatic heterocycles. The van der Waals surface area contributed by atoms with E-state index in [2.05, 4.69) is 66.7 Å². The van der Waals surface area contributed by atoms with E-state index in [0.29, 0.717) is 27.8 Å². The third-order valence-electron chi connectivity index (χ3n) is 5.33. The maximum atomic E-state index is 6.16. The van der Waals surface area contributed by atoms with Crippen LogP contribution in [0, 0.1) is 5.92 Å². The van der Waals surface area contributed by atoms with E-state index >= 15 is 0 Å². The minimum Gasteiger partial charge on any atom is -0.351 e. The Balaban J connectivity index is 1.80. The molecule has 5 nitrogen and oxygen atoms in total. The third kappa shape index (κ3) is 4.70. The van der Waals surface area contributed by atoms with Gasteiger partial charge in [-0.15, -0.1) is 11.8 Å². The second-order valence-corrected chi connectivity index (χ2v) is 9.80. The van der Waals surface area contributed by atoms with Gasteiger partial charge in [0.05, 0.1) is 11.6 Å². The van der Waals surface area contributed by atoms with Crippen LogP contribution >= 0.6 is 35.6 Å². The van der Waals surface area contributed by atoms with Crippen LogP contribution in [0.3, 0.4) is 0 Å². The number of aromatic nitrogens is 2. The lowest BCUT2D eigenvalue weighted by Crippen LogP contribution is -2.47. The van der Waals surface area contributed by atoms with E-state index in [4.69, 9.17) is 33.3 Å². The smallest absolute Gasteiger partial charge is 0.258 e.